The Hall–Kier alpha value is 0.844. The third kappa shape index (κ3) is 14.5. The molecule has 0 aromatic rings. The number of hydrogen-bond acceptors (Lipinski definition) is 6. The van der Waals surface area contributed by atoms with Crippen LogP contribution in [0.2, 0.25) is 66.5 Å². The summed E-state index contributed by atoms with van der Waals surface area (Å²) in [5.74, 6) is 0. The van der Waals surface area contributed by atoms with E-state index >= 15 is 0 Å². The summed E-state index contributed by atoms with van der Waals surface area (Å²) in [5, 5.41) is 0.267. The molecule has 0 rings (SSSR count). The Morgan fingerprint density at radius 3 is 0.818 bits per heavy atom. The summed E-state index contributed by atoms with van der Waals surface area (Å²) in [6, 6.07) is 1.83. The van der Waals surface area contributed by atoms with E-state index in [-0.39, 0.29) is 15.1 Å². The lowest BCUT2D eigenvalue weighted by atomic mass is 10.1. The Labute approximate surface area is 281 Å². The quantitative estimate of drug-likeness (QED) is 0.0823. The van der Waals surface area contributed by atoms with Crippen LogP contribution in [0.25, 0.3) is 0 Å². The lowest BCUT2D eigenvalue weighted by Crippen LogP contribution is -2.65. The maximum Gasteiger partial charge on any atom is 0.500 e. The largest absolute Gasteiger partial charge is 0.500 e. The summed E-state index contributed by atoms with van der Waals surface area (Å²) in [5.41, 5.74) is 0. The predicted molar refractivity (Wildman–Crippen MR) is 203 cm³/mol. The summed E-state index contributed by atoms with van der Waals surface area (Å²) in [7, 11) is -12.0. The van der Waals surface area contributed by atoms with Gasteiger partial charge in [0, 0.05) is 31.9 Å². The van der Waals surface area contributed by atoms with E-state index < -0.39 is 42.6 Å². The van der Waals surface area contributed by atoms with Crippen molar-refractivity contribution in [2.45, 2.75) is 195 Å². The number of rotatable bonds is 22. The van der Waals surface area contributed by atoms with Gasteiger partial charge in [-0.2, -0.15) is 0 Å². The minimum absolute atomic E-state index is 0.0891. The first-order valence-corrected chi connectivity index (χ1v) is 30.4. The van der Waals surface area contributed by atoms with Crippen molar-refractivity contribution in [1.29, 1.82) is 0 Å². The van der Waals surface area contributed by atoms with Gasteiger partial charge in [0.2, 0.25) is 0 Å². The van der Waals surface area contributed by atoms with Crippen molar-refractivity contribution in [3.05, 3.63) is 0 Å². The summed E-state index contributed by atoms with van der Waals surface area (Å²) in [6.07, 6.45) is 8.29. The van der Waals surface area contributed by atoms with Gasteiger partial charge in [0.15, 0.2) is 25.0 Å². The van der Waals surface area contributed by atoms with Gasteiger partial charge in [-0.3, -0.25) is 0 Å². The molecule has 44 heavy (non-hydrogen) atoms. The molecular weight excluding hydrogens is 633 g/mol. The molecule has 0 aromatic heterocycles. The summed E-state index contributed by atoms with van der Waals surface area (Å²) in [6.45, 7) is 43.3. The van der Waals surface area contributed by atoms with Gasteiger partial charge in [-0.15, -0.1) is 0 Å². The van der Waals surface area contributed by atoms with Crippen molar-refractivity contribution in [3.63, 3.8) is 0 Å². The van der Waals surface area contributed by atoms with Crippen molar-refractivity contribution < 1.29 is 25.6 Å². The fourth-order valence-electron chi connectivity index (χ4n) is 4.41. The second-order valence-electron chi connectivity index (χ2n) is 17.2. The first-order valence-electron chi connectivity index (χ1n) is 17.8. The fourth-order valence-corrected chi connectivity index (χ4v) is 23.6. The van der Waals surface area contributed by atoms with Crippen LogP contribution in [0.1, 0.15) is 128 Å². The topological polar surface area (TPSA) is 55.4 Å². The first-order chi connectivity index (χ1) is 19.8. The van der Waals surface area contributed by atoms with Crippen LogP contribution < -0.4 is 0 Å². The SMILES string of the molecule is CCO[Si](CCCCCCCCC[Si](O[Si](C)(C)C(C)(C)C)(O[Si](C)(C)C(C)(C)C)O[Si](C)(C)C(C)(C)C)(OCC)OCC. The van der Waals surface area contributed by atoms with E-state index in [4.69, 9.17) is 25.6 Å². The highest BCUT2D eigenvalue weighted by Crippen LogP contribution is 2.47. The first kappa shape index (κ1) is 44.8. The average Bonchev–Trinajstić information content (AvgIpc) is 2.80. The predicted octanol–water partition coefficient (Wildman–Crippen LogP) is 11.8. The molecule has 0 aliphatic carbocycles. The lowest BCUT2D eigenvalue weighted by molar-refractivity contribution is 0.0706. The molecule has 0 unspecified atom stereocenters. The van der Waals surface area contributed by atoms with Gasteiger partial charge in [0.1, 0.15) is 0 Å². The Morgan fingerprint density at radius 2 is 0.591 bits per heavy atom. The minimum Gasteiger partial charge on any atom is -0.416 e. The smallest absolute Gasteiger partial charge is 0.416 e. The molecule has 0 aliphatic heterocycles. The van der Waals surface area contributed by atoms with E-state index in [0.717, 1.165) is 24.9 Å². The van der Waals surface area contributed by atoms with Gasteiger partial charge < -0.3 is 25.6 Å². The summed E-state index contributed by atoms with van der Waals surface area (Å²) < 4.78 is 40.5. The zero-order chi connectivity index (χ0) is 34.7. The molecule has 0 heterocycles. The third-order valence-electron chi connectivity index (χ3n) is 10.2. The molecule has 0 radical (unpaired) electrons. The van der Waals surface area contributed by atoms with Crippen LogP contribution in [0.15, 0.2) is 0 Å². The van der Waals surface area contributed by atoms with Gasteiger partial charge in [-0.05, 0) is 88.0 Å². The molecule has 266 valence electrons. The summed E-state index contributed by atoms with van der Waals surface area (Å²) in [4.78, 5) is 0. The van der Waals surface area contributed by atoms with E-state index in [9.17, 15) is 0 Å². The van der Waals surface area contributed by atoms with E-state index in [0.29, 0.717) is 19.8 Å². The highest BCUT2D eigenvalue weighted by atomic mass is 28.5. The Morgan fingerprint density at radius 1 is 0.364 bits per heavy atom. The molecule has 0 aliphatic rings. The molecule has 0 saturated carbocycles. The molecule has 0 N–H and O–H groups in total. The van der Waals surface area contributed by atoms with E-state index in [1.807, 2.05) is 20.8 Å². The highest BCUT2D eigenvalue weighted by molar-refractivity contribution is 6.92. The van der Waals surface area contributed by atoms with Gasteiger partial charge in [0.25, 0.3) is 0 Å². The van der Waals surface area contributed by atoms with Crippen LogP contribution >= 0.6 is 0 Å². The van der Waals surface area contributed by atoms with Crippen molar-refractivity contribution in [2.75, 3.05) is 19.8 Å². The van der Waals surface area contributed by atoms with Crippen LogP contribution in [0.3, 0.4) is 0 Å². The van der Waals surface area contributed by atoms with Crippen molar-refractivity contribution >= 4 is 42.6 Å². The minimum atomic E-state index is -3.01. The molecule has 0 atom stereocenters. The maximum absolute atomic E-state index is 7.47. The Bertz CT molecular complexity index is 714. The van der Waals surface area contributed by atoms with Gasteiger partial charge >= 0.3 is 17.6 Å². The average molecular weight is 711 g/mol. The Balaban J connectivity index is 5.71. The fraction of sp³-hybridized carbons (Fsp3) is 1.00. The zero-order valence-corrected chi connectivity index (χ0v) is 37.9. The molecule has 0 fully saturated rings. The second kappa shape index (κ2) is 18.0. The van der Waals surface area contributed by atoms with Gasteiger partial charge in [0.05, 0.1) is 0 Å². The van der Waals surface area contributed by atoms with Gasteiger partial charge in [-0.25, -0.2) is 0 Å². The van der Waals surface area contributed by atoms with Crippen molar-refractivity contribution in [2.24, 2.45) is 0 Å². The second-order valence-corrected chi connectivity index (χ2v) is 37.8. The van der Waals surface area contributed by atoms with E-state index in [1.165, 1.54) is 32.1 Å². The van der Waals surface area contributed by atoms with Crippen molar-refractivity contribution in [1.82, 2.24) is 0 Å². The zero-order valence-electron chi connectivity index (χ0n) is 32.9. The number of unbranched alkanes of at least 4 members (excludes halogenated alkanes) is 6. The van der Waals surface area contributed by atoms with E-state index in [2.05, 4.69) is 102 Å². The van der Waals surface area contributed by atoms with Crippen LogP contribution in [0.5, 0.6) is 0 Å². The number of hydrogen-bond donors (Lipinski definition) is 0. The summed E-state index contributed by atoms with van der Waals surface area (Å²) >= 11 is 0. The lowest BCUT2D eigenvalue weighted by Gasteiger charge is -2.52. The molecule has 0 spiro atoms. The normalized spacial score (nSPS) is 14.9. The molecule has 0 amide bonds. The van der Waals surface area contributed by atoms with Crippen molar-refractivity contribution in [3.8, 4) is 0 Å². The highest BCUT2D eigenvalue weighted by Gasteiger charge is 2.57. The van der Waals surface area contributed by atoms with E-state index in [1.54, 1.807) is 0 Å². The molecule has 6 nitrogen and oxygen atoms in total. The monoisotopic (exact) mass is 710 g/mol. The van der Waals surface area contributed by atoms with Crippen LogP contribution in [-0.4, -0.2) is 62.4 Å². The molecule has 0 bridgehead atoms. The van der Waals surface area contributed by atoms with Crippen LogP contribution in [0, 0.1) is 0 Å². The molecular formula is C33H78O6Si5. The third-order valence-corrected chi connectivity index (χ3v) is 35.0. The van der Waals surface area contributed by atoms with Crippen LogP contribution in [0.4, 0.5) is 0 Å². The maximum atomic E-state index is 7.47. The van der Waals surface area contributed by atoms with Gasteiger partial charge in [-0.1, -0.05) is 94.4 Å². The Kier molecular flexibility index (Phi) is 18.4. The molecule has 11 heteroatoms. The molecule has 0 aromatic carbocycles. The molecule has 0 saturated heterocycles. The standard InChI is InChI=1S/C33H78O6Si5/c1-19-34-43(35-20-2,36-21-3)29-27-25-23-22-24-26-28-30-44(37-40(13,14)31(4,5)6,38-41(15,16)32(7,8)9)39-42(17,18)33(10,11)12/h19-30H2,1-18H3. The van der Waals surface area contributed by atoms with Crippen LogP contribution in [-0.2, 0) is 25.6 Å².